The molecule has 0 aromatic rings. The molecule has 3 rings (SSSR count). The highest BCUT2D eigenvalue weighted by Crippen LogP contribution is 2.50. The summed E-state index contributed by atoms with van der Waals surface area (Å²) in [6.07, 6.45) is 2.67. The molecule has 3 aliphatic rings. The normalized spacial score (nSPS) is 33.2. The van der Waals surface area contributed by atoms with E-state index in [-0.39, 0.29) is 18.4 Å². The summed E-state index contributed by atoms with van der Waals surface area (Å²) in [6.45, 7) is 5.50. The van der Waals surface area contributed by atoms with E-state index >= 15 is 0 Å². The summed E-state index contributed by atoms with van der Waals surface area (Å²) in [4.78, 5) is 22.6. The van der Waals surface area contributed by atoms with Crippen LogP contribution in [-0.4, -0.2) is 28.8 Å². The van der Waals surface area contributed by atoms with E-state index in [2.05, 4.69) is 5.32 Å². The second-order valence-electron chi connectivity index (χ2n) is 6.84. The molecule has 0 heterocycles. The Hall–Kier alpha value is -1.26. The highest BCUT2D eigenvalue weighted by Gasteiger charge is 2.47. The third-order valence-electron chi connectivity index (χ3n) is 4.14. The van der Waals surface area contributed by atoms with Gasteiger partial charge in [0.1, 0.15) is 5.60 Å². The van der Waals surface area contributed by atoms with Crippen LogP contribution in [0.1, 0.15) is 46.5 Å². The smallest absolute Gasteiger partial charge is 0.407 e. The first-order valence-electron chi connectivity index (χ1n) is 6.96. The monoisotopic (exact) mass is 269 g/mol. The molecular formula is C14H23NO4. The second-order valence-corrected chi connectivity index (χ2v) is 6.84. The van der Waals surface area contributed by atoms with Crippen molar-refractivity contribution in [3.8, 4) is 0 Å². The summed E-state index contributed by atoms with van der Waals surface area (Å²) in [7, 11) is 0. The lowest BCUT2D eigenvalue weighted by Gasteiger charge is -2.51. The Kier molecular flexibility index (Phi) is 3.74. The number of alkyl carbamates (subject to hydrolysis) is 1. The molecule has 3 fully saturated rings. The van der Waals surface area contributed by atoms with Crippen molar-refractivity contribution in [2.75, 3.05) is 0 Å². The molecule has 2 N–H and O–H groups in total. The zero-order chi connectivity index (χ0) is 14.2. The minimum absolute atomic E-state index is 0.0733. The van der Waals surface area contributed by atoms with Gasteiger partial charge < -0.3 is 15.2 Å². The summed E-state index contributed by atoms with van der Waals surface area (Å²) in [5.74, 6) is 0.495. The first kappa shape index (κ1) is 14.2. The van der Waals surface area contributed by atoms with Gasteiger partial charge in [-0.05, 0) is 57.8 Å². The van der Waals surface area contributed by atoms with Gasteiger partial charge in [-0.2, -0.15) is 0 Å². The van der Waals surface area contributed by atoms with Crippen LogP contribution in [0.5, 0.6) is 0 Å². The predicted octanol–water partition coefficient (Wildman–Crippen LogP) is 2.40. The van der Waals surface area contributed by atoms with Gasteiger partial charge in [-0.15, -0.1) is 0 Å². The van der Waals surface area contributed by atoms with Gasteiger partial charge in [0.05, 0.1) is 0 Å². The van der Waals surface area contributed by atoms with Gasteiger partial charge in [0.2, 0.25) is 0 Å². The second kappa shape index (κ2) is 5.02. The maximum Gasteiger partial charge on any atom is 0.407 e. The fourth-order valence-corrected chi connectivity index (χ4v) is 3.24. The van der Waals surface area contributed by atoms with Gasteiger partial charge in [-0.25, -0.2) is 4.79 Å². The van der Waals surface area contributed by atoms with E-state index in [1.165, 1.54) is 0 Å². The molecule has 5 nitrogen and oxygen atoms in total. The maximum atomic E-state index is 11.8. The number of aliphatic carboxylic acids is 1. The van der Waals surface area contributed by atoms with Gasteiger partial charge in [-0.3, -0.25) is 4.79 Å². The quantitative estimate of drug-likeness (QED) is 0.825. The molecule has 108 valence electrons. The molecule has 0 saturated heterocycles. The van der Waals surface area contributed by atoms with E-state index < -0.39 is 17.7 Å². The minimum atomic E-state index is -0.744. The summed E-state index contributed by atoms with van der Waals surface area (Å²) in [6, 6.07) is 0.0733. The number of hydrogen-bond acceptors (Lipinski definition) is 3. The predicted molar refractivity (Wildman–Crippen MR) is 69.7 cm³/mol. The fraction of sp³-hybridized carbons (Fsp3) is 0.857. The van der Waals surface area contributed by atoms with E-state index in [1.54, 1.807) is 0 Å². The molecular weight excluding hydrogens is 246 g/mol. The van der Waals surface area contributed by atoms with Crippen LogP contribution in [0.15, 0.2) is 0 Å². The molecule has 3 saturated carbocycles. The van der Waals surface area contributed by atoms with Crippen LogP contribution < -0.4 is 5.32 Å². The summed E-state index contributed by atoms with van der Waals surface area (Å²) in [5, 5.41) is 11.8. The van der Waals surface area contributed by atoms with E-state index in [9.17, 15) is 9.59 Å². The number of carboxylic acids is 1. The number of ether oxygens (including phenoxy) is 1. The molecule has 0 spiro atoms. The Morgan fingerprint density at radius 2 is 1.84 bits per heavy atom. The summed E-state index contributed by atoms with van der Waals surface area (Å²) < 4.78 is 5.26. The number of amides is 1. The topological polar surface area (TPSA) is 75.6 Å². The minimum Gasteiger partial charge on any atom is -0.481 e. The van der Waals surface area contributed by atoms with Crippen LogP contribution in [0.3, 0.4) is 0 Å². The summed E-state index contributed by atoms with van der Waals surface area (Å²) in [5.41, 5.74) is -0.499. The lowest BCUT2D eigenvalue weighted by molar-refractivity contribution is -0.140. The van der Waals surface area contributed by atoms with Crippen molar-refractivity contribution in [2.24, 2.45) is 17.8 Å². The lowest BCUT2D eigenvalue weighted by Crippen LogP contribution is -2.54. The standard InChI is InChI=1S/C14H23NO4/c1-14(2,3)19-13(18)15-11-6-9(7-12(16)17)8-4-10(11)5-8/h8-11H,4-7H2,1-3H3,(H,15,18)(H,16,17)/t8?,9?,10?,11-/m1/s1. The van der Waals surface area contributed by atoms with Crippen molar-refractivity contribution in [1.82, 2.24) is 5.32 Å². The van der Waals surface area contributed by atoms with Gasteiger partial charge in [0.25, 0.3) is 0 Å². The molecule has 19 heavy (non-hydrogen) atoms. The molecule has 1 amide bonds. The summed E-state index contributed by atoms with van der Waals surface area (Å²) >= 11 is 0. The Balaban J connectivity index is 1.87. The number of fused-ring (bicyclic) bond motifs is 2. The molecule has 0 aromatic heterocycles. The van der Waals surface area contributed by atoms with Crippen LogP contribution >= 0.6 is 0 Å². The Morgan fingerprint density at radius 1 is 1.21 bits per heavy atom. The Bertz CT molecular complexity index is 368. The Labute approximate surface area is 113 Å². The maximum absolute atomic E-state index is 11.8. The van der Waals surface area contributed by atoms with E-state index in [4.69, 9.17) is 9.84 Å². The number of carbonyl (C=O) groups is 2. The van der Waals surface area contributed by atoms with Crippen molar-refractivity contribution in [3.63, 3.8) is 0 Å². The highest BCUT2D eigenvalue weighted by atomic mass is 16.6. The molecule has 3 aliphatic carbocycles. The van der Waals surface area contributed by atoms with Crippen molar-refractivity contribution >= 4 is 12.1 Å². The zero-order valence-electron chi connectivity index (χ0n) is 11.8. The van der Waals surface area contributed by atoms with Gasteiger partial charge in [-0.1, -0.05) is 0 Å². The molecule has 1 unspecified atom stereocenters. The first-order valence-corrected chi connectivity index (χ1v) is 6.96. The van der Waals surface area contributed by atoms with E-state index in [0.717, 1.165) is 19.3 Å². The Morgan fingerprint density at radius 3 is 2.37 bits per heavy atom. The molecule has 0 aliphatic heterocycles. The van der Waals surface area contributed by atoms with Gasteiger partial charge in [0, 0.05) is 12.5 Å². The largest absolute Gasteiger partial charge is 0.481 e. The average molecular weight is 269 g/mol. The van der Waals surface area contributed by atoms with E-state index in [1.807, 2.05) is 20.8 Å². The molecule has 0 radical (unpaired) electrons. The molecule has 0 aromatic carbocycles. The third kappa shape index (κ3) is 3.61. The van der Waals surface area contributed by atoms with E-state index in [0.29, 0.717) is 11.8 Å². The van der Waals surface area contributed by atoms with Crippen LogP contribution in [-0.2, 0) is 9.53 Å². The van der Waals surface area contributed by atoms with Crippen molar-refractivity contribution in [2.45, 2.75) is 58.1 Å². The number of carbonyl (C=O) groups excluding carboxylic acids is 1. The SMILES string of the molecule is CC(C)(C)OC(=O)N[C@@H]1CC(CC(=O)O)C2CC1C2. The van der Waals surface area contributed by atoms with Crippen LogP contribution in [0.25, 0.3) is 0 Å². The van der Waals surface area contributed by atoms with Crippen LogP contribution in [0.2, 0.25) is 0 Å². The number of rotatable bonds is 3. The number of nitrogens with one attached hydrogen (secondary N) is 1. The number of hydrogen-bond donors (Lipinski definition) is 2. The van der Waals surface area contributed by atoms with Crippen LogP contribution in [0, 0.1) is 17.8 Å². The zero-order valence-corrected chi connectivity index (χ0v) is 11.8. The van der Waals surface area contributed by atoms with Crippen LogP contribution in [0.4, 0.5) is 4.79 Å². The fourth-order valence-electron chi connectivity index (χ4n) is 3.24. The molecule has 2 bridgehead atoms. The van der Waals surface area contributed by atoms with Crippen molar-refractivity contribution < 1.29 is 19.4 Å². The highest BCUT2D eigenvalue weighted by molar-refractivity contribution is 5.68. The lowest BCUT2D eigenvalue weighted by atomic mass is 9.57. The van der Waals surface area contributed by atoms with Gasteiger partial charge >= 0.3 is 12.1 Å². The number of carboxylic acid groups (broad SMARTS) is 1. The van der Waals surface area contributed by atoms with Gasteiger partial charge in [0.15, 0.2) is 0 Å². The van der Waals surface area contributed by atoms with Crippen molar-refractivity contribution in [1.29, 1.82) is 0 Å². The first-order chi connectivity index (χ1) is 8.74. The third-order valence-corrected chi connectivity index (χ3v) is 4.14. The molecule has 2 atom stereocenters. The van der Waals surface area contributed by atoms with Crippen molar-refractivity contribution in [3.05, 3.63) is 0 Å². The molecule has 5 heteroatoms. The average Bonchev–Trinajstić information content (AvgIpc) is 2.09.